The lowest BCUT2D eigenvalue weighted by atomic mass is 10.1. The van der Waals surface area contributed by atoms with Gasteiger partial charge in [-0.2, -0.15) is 0 Å². The van der Waals surface area contributed by atoms with Crippen molar-refractivity contribution in [1.82, 2.24) is 13.9 Å². The Kier molecular flexibility index (Phi) is 9.28. The summed E-state index contributed by atoms with van der Waals surface area (Å²) in [4.78, 5) is 4.52. The van der Waals surface area contributed by atoms with Gasteiger partial charge in [0.25, 0.3) is 0 Å². The van der Waals surface area contributed by atoms with Gasteiger partial charge in [0, 0.05) is 32.4 Å². The maximum absolute atomic E-state index is 14.1. The van der Waals surface area contributed by atoms with Gasteiger partial charge in [-0.3, -0.25) is 4.98 Å². The molecule has 0 atom stereocenters. The molecule has 0 radical (unpaired) electrons. The number of hydrogen-bond donors (Lipinski definition) is 1. The average Bonchev–Trinajstić information content (AvgIpc) is 2.94. The Balaban J connectivity index is 0.00000225. The van der Waals surface area contributed by atoms with Gasteiger partial charge in [-0.1, -0.05) is 23.7 Å². The Morgan fingerprint density at radius 3 is 2.60 bits per heavy atom. The standard InChI is InChI=1S/C19H20ClFN4O2S.2ClH/c1-24(2)28(26,27)15-6-3-5-13(11-15)17-18-16(7-4-10-23-18)25(19(17)20)12-14(21)8-9-22;;/h3-8,10-11H,9,12,22H2,1-2H3;2*1H/b14-8-;;. The molecule has 0 aliphatic heterocycles. The molecule has 0 fully saturated rings. The molecule has 2 N–H and O–H groups in total. The highest BCUT2D eigenvalue weighted by atomic mass is 35.5. The van der Waals surface area contributed by atoms with E-state index in [1.54, 1.807) is 41.1 Å². The van der Waals surface area contributed by atoms with Crippen molar-refractivity contribution >= 4 is 57.5 Å². The van der Waals surface area contributed by atoms with Crippen LogP contribution >= 0.6 is 36.4 Å². The van der Waals surface area contributed by atoms with Gasteiger partial charge in [0.05, 0.1) is 22.5 Å². The predicted molar refractivity (Wildman–Crippen MR) is 124 cm³/mol. The second-order valence-electron chi connectivity index (χ2n) is 6.33. The summed E-state index contributed by atoms with van der Waals surface area (Å²) in [6.45, 7) is -0.00782. The van der Waals surface area contributed by atoms with Crippen LogP contribution in [-0.2, 0) is 16.6 Å². The Morgan fingerprint density at radius 2 is 1.97 bits per heavy atom. The molecular formula is C19H22Cl3FN4O2S. The summed E-state index contributed by atoms with van der Waals surface area (Å²) >= 11 is 6.60. The lowest BCUT2D eigenvalue weighted by molar-refractivity contribution is 0.521. The number of halogens is 4. The number of rotatable bonds is 6. The Hall–Kier alpha value is -1.68. The number of sulfonamides is 1. The number of allylic oxidation sites excluding steroid dienone is 1. The SMILES string of the molecule is CN(C)S(=O)(=O)c1cccc(-c2c(Cl)n(C/C(F)=C/CN)c3cccnc23)c1.Cl.Cl. The highest BCUT2D eigenvalue weighted by molar-refractivity contribution is 7.89. The van der Waals surface area contributed by atoms with Gasteiger partial charge in [0.15, 0.2) is 0 Å². The molecule has 6 nitrogen and oxygen atoms in total. The molecule has 3 rings (SSSR count). The molecule has 0 aliphatic rings. The fraction of sp³-hybridized carbons (Fsp3) is 0.211. The van der Waals surface area contributed by atoms with Crippen molar-refractivity contribution in [3.05, 3.63) is 59.7 Å². The van der Waals surface area contributed by atoms with Gasteiger partial charge in [0.2, 0.25) is 10.0 Å². The molecule has 1 aromatic carbocycles. The summed E-state index contributed by atoms with van der Waals surface area (Å²) in [6, 6.07) is 9.97. The number of nitrogens with zero attached hydrogens (tertiary/aromatic N) is 3. The van der Waals surface area contributed by atoms with E-state index in [1.807, 2.05) is 0 Å². The maximum Gasteiger partial charge on any atom is 0.242 e. The second-order valence-corrected chi connectivity index (χ2v) is 8.83. The molecular weight excluding hydrogens is 474 g/mol. The largest absolute Gasteiger partial charge is 0.327 e. The van der Waals surface area contributed by atoms with Crippen molar-refractivity contribution in [2.75, 3.05) is 20.6 Å². The molecule has 0 saturated heterocycles. The average molecular weight is 496 g/mol. The smallest absolute Gasteiger partial charge is 0.242 e. The fourth-order valence-corrected chi connectivity index (χ4v) is 4.22. The number of aromatic nitrogens is 2. The van der Waals surface area contributed by atoms with Gasteiger partial charge >= 0.3 is 0 Å². The first-order chi connectivity index (χ1) is 13.3. The highest BCUT2D eigenvalue weighted by Gasteiger charge is 2.22. The molecule has 2 aromatic heterocycles. The van der Waals surface area contributed by atoms with Gasteiger partial charge in [-0.15, -0.1) is 24.8 Å². The van der Waals surface area contributed by atoms with Crippen LogP contribution in [0.15, 0.2) is 59.4 Å². The van der Waals surface area contributed by atoms with Gasteiger partial charge in [-0.25, -0.2) is 17.1 Å². The van der Waals surface area contributed by atoms with E-state index < -0.39 is 15.9 Å². The predicted octanol–water partition coefficient (Wildman–Crippen LogP) is 4.26. The minimum atomic E-state index is -3.61. The molecule has 30 heavy (non-hydrogen) atoms. The van der Waals surface area contributed by atoms with Crippen LogP contribution in [0.4, 0.5) is 4.39 Å². The van der Waals surface area contributed by atoms with Crippen molar-refractivity contribution in [3.8, 4) is 11.1 Å². The Labute approximate surface area is 192 Å². The number of benzene rings is 1. The van der Waals surface area contributed by atoms with Crippen LogP contribution in [0.5, 0.6) is 0 Å². The lowest BCUT2D eigenvalue weighted by Crippen LogP contribution is -2.22. The second kappa shape index (κ2) is 10.6. The molecule has 0 unspecified atom stereocenters. The minimum Gasteiger partial charge on any atom is -0.327 e. The van der Waals surface area contributed by atoms with E-state index in [1.165, 1.54) is 26.2 Å². The van der Waals surface area contributed by atoms with E-state index in [0.717, 1.165) is 4.31 Å². The normalized spacial score (nSPS) is 12.0. The fourth-order valence-electron chi connectivity index (χ4n) is 2.92. The van der Waals surface area contributed by atoms with Crippen LogP contribution < -0.4 is 5.73 Å². The van der Waals surface area contributed by atoms with Crippen molar-refractivity contribution in [2.45, 2.75) is 11.4 Å². The Bertz CT molecular complexity index is 1160. The van der Waals surface area contributed by atoms with Crippen LogP contribution in [-0.4, -0.2) is 42.9 Å². The molecule has 0 aliphatic carbocycles. The van der Waals surface area contributed by atoms with E-state index >= 15 is 0 Å². The van der Waals surface area contributed by atoms with E-state index in [0.29, 0.717) is 22.2 Å². The van der Waals surface area contributed by atoms with Crippen molar-refractivity contribution in [3.63, 3.8) is 0 Å². The molecule has 3 aromatic rings. The third kappa shape index (κ3) is 4.96. The first-order valence-electron chi connectivity index (χ1n) is 8.47. The highest BCUT2D eigenvalue weighted by Crippen LogP contribution is 2.38. The van der Waals surface area contributed by atoms with Crippen LogP contribution in [0, 0.1) is 0 Å². The molecule has 0 amide bonds. The van der Waals surface area contributed by atoms with Crippen molar-refractivity contribution < 1.29 is 12.8 Å². The van der Waals surface area contributed by atoms with Crippen LogP contribution in [0.1, 0.15) is 0 Å². The third-order valence-electron chi connectivity index (χ3n) is 4.31. The summed E-state index contributed by atoms with van der Waals surface area (Å²) < 4.78 is 41.8. The number of fused-ring (bicyclic) bond motifs is 1. The zero-order valence-corrected chi connectivity index (χ0v) is 19.5. The van der Waals surface area contributed by atoms with E-state index in [9.17, 15) is 12.8 Å². The molecule has 0 saturated carbocycles. The maximum atomic E-state index is 14.1. The number of pyridine rings is 1. The zero-order valence-electron chi connectivity index (χ0n) is 16.2. The summed E-state index contributed by atoms with van der Waals surface area (Å²) in [6.07, 6.45) is 2.89. The molecule has 0 bridgehead atoms. The first-order valence-corrected chi connectivity index (χ1v) is 10.3. The summed E-state index contributed by atoms with van der Waals surface area (Å²) in [5.74, 6) is -0.416. The van der Waals surface area contributed by atoms with E-state index in [2.05, 4.69) is 4.98 Å². The van der Waals surface area contributed by atoms with Crippen LogP contribution in [0.25, 0.3) is 22.2 Å². The lowest BCUT2D eigenvalue weighted by Gasteiger charge is -2.12. The van der Waals surface area contributed by atoms with Gasteiger partial charge in [-0.05, 0) is 35.9 Å². The molecule has 164 valence electrons. The monoisotopic (exact) mass is 494 g/mol. The van der Waals surface area contributed by atoms with E-state index in [4.69, 9.17) is 17.3 Å². The number of hydrogen-bond acceptors (Lipinski definition) is 4. The Morgan fingerprint density at radius 1 is 1.27 bits per heavy atom. The minimum absolute atomic E-state index is 0. The van der Waals surface area contributed by atoms with E-state index in [-0.39, 0.29) is 48.0 Å². The summed E-state index contributed by atoms with van der Waals surface area (Å²) in [5.41, 5.74) is 7.72. The quantitative estimate of drug-likeness (QED) is 0.554. The molecule has 0 spiro atoms. The third-order valence-corrected chi connectivity index (χ3v) is 6.51. The first kappa shape index (κ1) is 26.4. The molecule has 11 heteroatoms. The van der Waals surface area contributed by atoms with Crippen LogP contribution in [0.3, 0.4) is 0 Å². The van der Waals surface area contributed by atoms with Gasteiger partial charge < -0.3 is 10.3 Å². The summed E-state index contributed by atoms with van der Waals surface area (Å²) in [5, 5.41) is 0.272. The van der Waals surface area contributed by atoms with Crippen molar-refractivity contribution in [1.29, 1.82) is 0 Å². The topological polar surface area (TPSA) is 81.2 Å². The van der Waals surface area contributed by atoms with Crippen molar-refractivity contribution in [2.24, 2.45) is 5.73 Å². The van der Waals surface area contributed by atoms with Gasteiger partial charge in [0.1, 0.15) is 11.0 Å². The number of nitrogens with two attached hydrogens (primary N) is 1. The summed E-state index contributed by atoms with van der Waals surface area (Å²) in [7, 11) is -0.679. The van der Waals surface area contributed by atoms with Crippen LogP contribution in [0.2, 0.25) is 5.15 Å². The zero-order chi connectivity index (χ0) is 20.5. The molecule has 2 heterocycles.